The van der Waals surface area contributed by atoms with Crippen LogP contribution in [-0.4, -0.2) is 22.8 Å². The minimum Gasteiger partial charge on any atom is -0.478 e. The fraction of sp³-hybridized carbons (Fsp3) is 0.571. The Morgan fingerprint density at radius 3 is 1.90 bits per heavy atom. The highest BCUT2D eigenvalue weighted by Gasteiger charge is 1.93. The van der Waals surface area contributed by atoms with Crippen LogP contribution in [0.25, 0.3) is 0 Å². The molecule has 0 aliphatic carbocycles. The van der Waals surface area contributed by atoms with Crippen LogP contribution < -0.4 is 0 Å². The van der Waals surface area contributed by atoms with E-state index >= 15 is 0 Å². The highest BCUT2D eigenvalue weighted by atomic mass is 16.4. The third kappa shape index (κ3) is 10.2. The van der Waals surface area contributed by atoms with E-state index in [-0.39, 0.29) is 6.61 Å². The van der Waals surface area contributed by atoms with Gasteiger partial charge in [-0.2, -0.15) is 0 Å². The summed E-state index contributed by atoms with van der Waals surface area (Å²) in [5.41, 5.74) is 0.389. The van der Waals surface area contributed by atoms with Gasteiger partial charge in [-0.25, -0.2) is 4.79 Å². The molecule has 0 aromatic rings. The molecule has 0 unspecified atom stereocenters. The molecule has 3 heteroatoms. The zero-order chi connectivity index (χ0) is 8.57. The zero-order valence-electron chi connectivity index (χ0n) is 6.59. The van der Waals surface area contributed by atoms with E-state index in [2.05, 4.69) is 0 Å². The number of allylic oxidation sites excluding steroid dienone is 1. The molecule has 3 nitrogen and oxygen atoms in total. The van der Waals surface area contributed by atoms with Crippen molar-refractivity contribution in [2.24, 2.45) is 0 Å². The number of hydrogen-bond donors (Lipinski definition) is 2. The second-order valence-corrected chi connectivity index (χ2v) is 1.59. The minimum atomic E-state index is -0.845. The number of hydrogen-bond acceptors (Lipinski definition) is 2. The Bertz CT molecular complexity index is 116. The molecule has 0 saturated heterocycles. The number of aliphatic hydroxyl groups is 1. The smallest absolute Gasteiger partial charge is 0.330 e. The molecule has 0 bridgehead atoms. The number of aliphatic carboxylic acids is 1. The molecule has 0 rings (SSSR count). The van der Waals surface area contributed by atoms with E-state index in [9.17, 15) is 4.79 Å². The van der Waals surface area contributed by atoms with Gasteiger partial charge in [0, 0.05) is 12.2 Å². The first-order valence-corrected chi connectivity index (χ1v) is 3.07. The van der Waals surface area contributed by atoms with Gasteiger partial charge >= 0.3 is 5.97 Å². The molecule has 0 heterocycles. The van der Waals surface area contributed by atoms with Crippen LogP contribution in [0.5, 0.6) is 0 Å². The van der Waals surface area contributed by atoms with E-state index < -0.39 is 5.97 Å². The van der Waals surface area contributed by atoms with Crippen molar-refractivity contribution in [1.29, 1.82) is 0 Å². The van der Waals surface area contributed by atoms with Gasteiger partial charge in [-0.1, -0.05) is 6.08 Å². The summed E-state index contributed by atoms with van der Waals surface area (Å²) in [5, 5.41) is 15.7. The number of carboxylic acids is 1. The van der Waals surface area contributed by atoms with Gasteiger partial charge < -0.3 is 10.2 Å². The quantitative estimate of drug-likeness (QED) is 0.543. The summed E-state index contributed by atoms with van der Waals surface area (Å²) in [7, 11) is 0. The van der Waals surface area contributed by atoms with Gasteiger partial charge in [0.05, 0.1) is 0 Å². The molecule has 0 atom stereocenters. The average molecular weight is 146 g/mol. The predicted molar refractivity (Wildman–Crippen MR) is 39.8 cm³/mol. The van der Waals surface area contributed by atoms with Gasteiger partial charge in [-0.05, 0) is 20.8 Å². The second kappa shape index (κ2) is 8.17. The Morgan fingerprint density at radius 2 is 1.90 bits per heavy atom. The molecule has 0 fully saturated rings. The van der Waals surface area contributed by atoms with Crippen LogP contribution in [0.1, 0.15) is 20.8 Å². The molecule has 60 valence electrons. The molecule has 10 heavy (non-hydrogen) atoms. The van der Waals surface area contributed by atoms with Crippen molar-refractivity contribution in [2.75, 3.05) is 6.61 Å². The van der Waals surface area contributed by atoms with Crippen molar-refractivity contribution in [3.05, 3.63) is 11.6 Å². The molecule has 0 aliphatic rings. The van der Waals surface area contributed by atoms with Crippen molar-refractivity contribution in [3.8, 4) is 0 Å². The number of rotatable bonds is 1. The van der Waals surface area contributed by atoms with E-state index in [0.29, 0.717) is 5.57 Å². The van der Waals surface area contributed by atoms with Crippen molar-refractivity contribution in [1.82, 2.24) is 0 Å². The van der Waals surface area contributed by atoms with Gasteiger partial charge in [-0.15, -0.1) is 0 Å². The molecule has 0 aromatic carbocycles. The van der Waals surface area contributed by atoms with Gasteiger partial charge in [0.1, 0.15) is 0 Å². The van der Waals surface area contributed by atoms with E-state index in [0.717, 1.165) is 0 Å². The van der Waals surface area contributed by atoms with Crippen molar-refractivity contribution in [2.45, 2.75) is 20.8 Å². The van der Waals surface area contributed by atoms with Crippen LogP contribution in [0.2, 0.25) is 0 Å². The number of aliphatic hydroxyl groups excluding tert-OH is 1. The molecule has 0 saturated carbocycles. The fourth-order valence-corrected chi connectivity index (χ4v) is 0.123. The van der Waals surface area contributed by atoms with Gasteiger partial charge in [0.2, 0.25) is 0 Å². The lowest BCUT2D eigenvalue weighted by atomic mass is 10.3. The van der Waals surface area contributed by atoms with E-state index in [1.807, 2.05) is 0 Å². The molecule has 0 aromatic heterocycles. The summed E-state index contributed by atoms with van der Waals surface area (Å²) in [6.45, 7) is 5.19. The molecular weight excluding hydrogens is 132 g/mol. The van der Waals surface area contributed by atoms with Crippen LogP contribution in [-0.2, 0) is 4.79 Å². The van der Waals surface area contributed by atoms with E-state index in [4.69, 9.17) is 10.2 Å². The third-order valence-electron chi connectivity index (χ3n) is 0.770. The van der Waals surface area contributed by atoms with Crippen LogP contribution >= 0.6 is 0 Å². The Kier molecular flexibility index (Phi) is 9.73. The lowest BCUT2D eigenvalue weighted by Gasteiger charge is -1.84. The van der Waals surface area contributed by atoms with Gasteiger partial charge in [0.15, 0.2) is 0 Å². The topological polar surface area (TPSA) is 57.5 Å². The summed E-state index contributed by atoms with van der Waals surface area (Å²) >= 11 is 0. The third-order valence-corrected chi connectivity index (χ3v) is 0.770. The van der Waals surface area contributed by atoms with Crippen LogP contribution in [0.4, 0.5) is 0 Å². The highest BCUT2D eigenvalue weighted by molar-refractivity contribution is 5.85. The summed E-state index contributed by atoms with van der Waals surface area (Å²) in [5.74, 6) is -0.845. The molecular formula is C7H14O3. The highest BCUT2D eigenvalue weighted by Crippen LogP contribution is 1.87. The summed E-state index contributed by atoms with van der Waals surface area (Å²) < 4.78 is 0. The maximum Gasteiger partial charge on any atom is 0.330 e. The van der Waals surface area contributed by atoms with Crippen molar-refractivity contribution < 1.29 is 15.0 Å². The lowest BCUT2D eigenvalue weighted by Crippen LogP contribution is -1.93. The SMILES string of the molecule is CC=C(C)C(=O)O.CCO. The molecule has 0 amide bonds. The number of carbonyl (C=O) groups is 1. The van der Waals surface area contributed by atoms with Crippen LogP contribution in [0.3, 0.4) is 0 Å². The first kappa shape index (κ1) is 11.9. The minimum absolute atomic E-state index is 0.250. The number of carboxylic acid groups (broad SMARTS) is 1. The summed E-state index contributed by atoms with van der Waals surface area (Å²) in [6.07, 6.45) is 1.56. The summed E-state index contributed by atoms with van der Waals surface area (Å²) in [6, 6.07) is 0. The van der Waals surface area contributed by atoms with E-state index in [1.165, 1.54) is 0 Å². The maximum absolute atomic E-state index is 9.86. The Labute approximate surface area is 61.0 Å². The van der Waals surface area contributed by atoms with E-state index in [1.54, 1.807) is 26.8 Å². The van der Waals surface area contributed by atoms with Crippen molar-refractivity contribution >= 4 is 5.97 Å². The second-order valence-electron chi connectivity index (χ2n) is 1.59. The zero-order valence-corrected chi connectivity index (χ0v) is 6.59. The first-order chi connectivity index (χ1) is 4.59. The Balaban J connectivity index is 0. The normalized spacial score (nSPS) is 9.80. The monoisotopic (exact) mass is 146 g/mol. The standard InChI is InChI=1S/C5H8O2.C2H6O/c1-3-4(2)5(6)7;1-2-3/h3H,1-2H3,(H,6,7);3H,2H2,1H3. The lowest BCUT2D eigenvalue weighted by molar-refractivity contribution is -0.132. The molecule has 0 radical (unpaired) electrons. The molecule has 0 aliphatic heterocycles. The Hall–Kier alpha value is -0.830. The van der Waals surface area contributed by atoms with Crippen molar-refractivity contribution in [3.63, 3.8) is 0 Å². The van der Waals surface area contributed by atoms with Crippen LogP contribution in [0.15, 0.2) is 11.6 Å². The van der Waals surface area contributed by atoms with Crippen LogP contribution in [0, 0.1) is 0 Å². The predicted octanol–water partition coefficient (Wildman–Crippen LogP) is 1.04. The maximum atomic E-state index is 9.86. The fourth-order valence-electron chi connectivity index (χ4n) is 0.123. The van der Waals surface area contributed by atoms with Gasteiger partial charge in [0.25, 0.3) is 0 Å². The van der Waals surface area contributed by atoms with Gasteiger partial charge in [-0.3, -0.25) is 0 Å². The molecule has 2 N–H and O–H groups in total. The Morgan fingerprint density at radius 1 is 1.60 bits per heavy atom. The average Bonchev–Trinajstić information content (AvgIpc) is 1.88. The largest absolute Gasteiger partial charge is 0.478 e. The molecule has 0 spiro atoms. The summed E-state index contributed by atoms with van der Waals surface area (Å²) in [4.78, 5) is 9.86. The first-order valence-electron chi connectivity index (χ1n) is 3.07.